The van der Waals surface area contributed by atoms with Crippen LogP contribution in [0.15, 0.2) is 66.7 Å². The lowest BCUT2D eigenvalue weighted by molar-refractivity contribution is 0.0341. The molecule has 0 saturated carbocycles. The van der Waals surface area contributed by atoms with E-state index < -0.39 is 12.1 Å². The maximum absolute atomic E-state index is 13.7. The van der Waals surface area contributed by atoms with Crippen LogP contribution in [0, 0.1) is 5.92 Å². The number of hydrogen-bond donors (Lipinski definition) is 3. The highest BCUT2D eigenvalue weighted by atomic mass is 35.5. The van der Waals surface area contributed by atoms with Crippen LogP contribution >= 0.6 is 23.2 Å². The number of nitrogens with zero attached hydrogens (tertiary/aromatic N) is 2. The summed E-state index contributed by atoms with van der Waals surface area (Å²) < 4.78 is 6.46. The number of hydrogen-bond acceptors (Lipinski definition) is 5. The van der Waals surface area contributed by atoms with Crippen molar-refractivity contribution < 1.29 is 19.4 Å². The molecule has 10 heteroatoms. The van der Waals surface area contributed by atoms with Gasteiger partial charge in [0.05, 0.1) is 28.3 Å². The van der Waals surface area contributed by atoms with Gasteiger partial charge in [-0.15, -0.1) is 0 Å². The summed E-state index contributed by atoms with van der Waals surface area (Å²) >= 11 is 12.3. The van der Waals surface area contributed by atoms with Crippen LogP contribution in [0.5, 0.6) is 5.75 Å². The van der Waals surface area contributed by atoms with Crippen molar-refractivity contribution in [2.75, 3.05) is 37.4 Å². The van der Waals surface area contributed by atoms with Gasteiger partial charge in [0, 0.05) is 36.9 Å². The molecule has 4 rings (SSSR count). The lowest BCUT2D eigenvalue weighted by atomic mass is 9.99. The second-order valence-corrected chi connectivity index (χ2v) is 11.0. The third kappa shape index (κ3) is 7.46. The monoisotopic (exact) mass is 584 g/mol. The van der Waals surface area contributed by atoms with Crippen LogP contribution in [0.25, 0.3) is 0 Å². The van der Waals surface area contributed by atoms with Gasteiger partial charge >= 0.3 is 6.03 Å². The minimum atomic E-state index is -0.429. The fraction of sp³-hybridized carbons (Fsp3) is 0.333. The molecule has 1 aliphatic heterocycles. The Morgan fingerprint density at radius 2 is 1.80 bits per heavy atom. The fourth-order valence-corrected chi connectivity index (χ4v) is 4.98. The Bertz CT molecular complexity index is 1340. The highest BCUT2D eigenvalue weighted by Gasteiger charge is 2.33. The first-order chi connectivity index (χ1) is 19.1. The number of urea groups is 1. The predicted molar refractivity (Wildman–Crippen MR) is 159 cm³/mol. The maximum atomic E-state index is 13.7. The highest BCUT2D eigenvalue weighted by Crippen LogP contribution is 2.31. The first-order valence-corrected chi connectivity index (χ1v) is 13.9. The number of carbonyl (C=O) groups is 2. The van der Waals surface area contributed by atoms with E-state index in [-0.39, 0.29) is 24.5 Å². The van der Waals surface area contributed by atoms with Crippen molar-refractivity contribution in [1.29, 1.82) is 0 Å². The minimum absolute atomic E-state index is 0.0307. The summed E-state index contributed by atoms with van der Waals surface area (Å²) in [5.74, 6) is 0.128. The number of amides is 3. The number of ether oxygens (including phenoxy) is 1. The molecular formula is C30H34Cl2N4O4. The van der Waals surface area contributed by atoms with Gasteiger partial charge in [-0.3, -0.25) is 9.69 Å². The molecule has 0 fully saturated rings. The SMILES string of the molecule is C[C@@H]1CN([C@H](C)CO)C(=O)c2cc(NC(=O)Nc3ccccc3)ccc2O[C@H]1CN(C)Cc1ccc(Cl)c(Cl)c1. The Kier molecular flexibility index (Phi) is 9.92. The lowest BCUT2D eigenvalue weighted by Crippen LogP contribution is -2.49. The zero-order chi connectivity index (χ0) is 28.8. The molecule has 0 aromatic heterocycles. The number of halogens is 2. The van der Waals surface area contributed by atoms with Crippen LogP contribution in [0.1, 0.15) is 29.8 Å². The van der Waals surface area contributed by atoms with Gasteiger partial charge in [-0.1, -0.05) is 54.4 Å². The molecule has 3 atom stereocenters. The van der Waals surface area contributed by atoms with E-state index >= 15 is 0 Å². The van der Waals surface area contributed by atoms with Crippen molar-refractivity contribution in [2.24, 2.45) is 5.92 Å². The topological polar surface area (TPSA) is 94.1 Å². The van der Waals surface area contributed by atoms with Crippen LogP contribution in [0.3, 0.4) is 0 Å². The van der Waals surface area contributed by atoms with Crippen molar-refractivity contribution in [3.05, 3.63) is 87.9 Å². The number of rotatable bonds is 8. The average molecular weight is 586 g/mol. The number of aliphatic hydroxyl groups is 1. The van der Waals surface area contributed by atoms with Crippen LogP contribution in [0.4, 0.5) is 16.2 Å². The third-order valence-corrected chi connectivity index (χ3v) is 7.62. The van der Waals surface area contributed by atoms with Gasteiger partial charge in [0.2, 0.25) is 0 Å². The largest absolute Gasteiger partial charge is 0.488 e. The standard InChI is InChI=1S/C30H34Cl2N4O4/c1-19-15-36(20(2)18-37)29(38)24-14-23(34-30(39)33-22-7-5-4-6-8-22)10-12-27(24)40-28(19)17-35(3)16-21-9-11-25(31)26(32)13-21/h4-14,19-20,28,37H,15-18H2,1-3H3,(H2,33,34,39)/t19-,20-,28+/m1/s1. The van der Waals surface area contributed by atoms with Gasteiger partial charge < -0.3 is 25.4 Å². The Morgan fingerprint density at radius 1 is 1.07 bits per heavy atom. The molecule has 0 aliphatic carbocycles. The minimum Gasteiger partial charge on any atom is -0.488 e. The summed E-state index contributed by atoms with van der Waals surface area (Å²) in [6.07, 6.45) is -0.256. The zero-order valence-electron chi connectivity index (χ0n) is 22.7. The Balaban J connectivity index is 1.56. The van der Waals surface area contributed by atoms with Crippen LogP contribution in [-0.4, -0.2) is 65.7 Å². The Hall–Kier alpha value is -3.30. The number of para-hydroxylation sites is 1. The molecule has 3 aromatic carbocycles. The molecule has 0 spiro atoms. The summed E-state index contributed by atoms with van der Waals surface area (Å²) in [6, 6.07) is 18.9. The summed E-state index contributed by atoms with van der Waals surface area (Å²) in [6.45, 7) is 5.29. The van der Waals surface area contributed by atoms with Gasteiger partial charge in [-0.2, -0.15) is 0 Å². The number of anilines is 2. The molecule has 1 heterocycles. The molecule has 0 saturated heterocycles. The van der Waals surface area contributed by atoms with Crippen molar-refractivity contribution in [3.63, 3.8) is 0 Å². The van der Waals surface area contributed by atoms with Gasteiger partial charge in [-0.05, 0) is 62.0 Å². The molecule has 40 heavy (non-hydrogen) atoms. The van der Waals surface area contributed by atoms with Crippen LogP contribution in [0.2, 0.25) is 10.0 Å². The van der Waals surface area contributed by atoms with E-state index in [1.54, 1.807) is 41.3 Å². The van der Waals surface area contributed by atoms with E-state index in [4.69, 9.17) is 27.9 Å². The lowest BCUT2D eigenvalue weighted by Gasteiger charge is -2.38. The summed E-state index contributed by atoms with van der Waals surface area (Å²) in [7, 11) is 2.00. The van der Waals surface area contributed by atoms with E-state index in [0.29, 0.717) is 52.4 Å². The van der Waals surface area contributed by atoms with Crippen LogP contribution in [-0.2, 0) is 6.54 Å². The molecular weight excluding hydrogens is 551 g/mol. The molecule has 0 radical (unpaired) electrons. The fourth-order valence-electron chi connectivity index (χ4n) is 4.65. The quantitative estimate of drug-likeness (QED) is 0.302. The number of likely N-dealkylation sites (N-methyl/N-ethyl adjacent to an activating group) is 1. The first kappa shape index (κ1) is 29.7. The molecule has 3 aromatic rings. The number of nitrogens with one attached hydrogen (secondary N) is 2. The maximum Gasteiger partial charge on any atom is 0.323 e. The molecule has 3 amide bonds. The molecule has 1 aliphatic rings. The molecule has 212 valence electrons. The molecule has 8 nitrogen and oxygen atoms in total. The molecule has 3 N–H and O–H groups in total. The van der Waals surface area contributed by atoms with Crippen LogP contribution < -0.4 is 15.4 Å². The average Bonchev–Trinajstić information content (AvgIpc) is 2.93. The third-order valence-electron chi connectivity index (χ3n) is 6.88. The highest BCUT2D eigenvalue weighted by molar-refractivity contribution is 6.42. The summed E-state index contributed by atoms with van der Waals surface area (Å²) in [5, 5.41) is 16.5. The van der Waals surface area contributed by atoms with E-state index in [1.807, 2.05) is 51.2 Å². The first-order valence-electron chi connectivity index (χ1n) is 13.1. The van der Waals surface area contributed by atoms with E-state index in [0.717, 1.165) is 5.56 Å². The summed E-state index contributed by atoms with van der Waals surface area (Å²) in [5.41, 5.74) is 2.44. The molecule has 0 bridgehead atoms. The van der Waals surface area contributed by atoms with Crippen molar-refractivity contribution in [2.45, 2.75) is 32.5 Å². The Labute approximate surface area is 244 Å². The van der Waals surface area contributed by atoms with E-state index in [2.05, 4.69) is 15.5 Å². The van der Waals surface area contributed by atoms with E-state index in [1.165, 1.54) is 0 Å². The normalized spacial score (nSPS) is 17.9. The predicted octanol–water partition coefficient (Wildman–Crippen LogP) is 5.99. The van der Waals surface area contributed by atoms with Gasteiger partial charge in [-0.25, -0.2) is 4.79 Å². The smallest absolute Gasteiger partial charge is 0.323 e. The van der Waals surface area contributed by atoms with Crippen molar-refractivity contribution in [1.82, 2.24) is 9.80 Å². The van der Waals surface area contributed by atoms with Gasteiger partial charge in [0.15, 0.2) is 0 Å². The summed E-state index contributed by atoms with van der Waals surface area (Å²) in [4.78, 5) is 30.0. The second-order valence-electron chi connectivity index (χ2n) is 10.2. The van der Waals surface area contributed by atoms with E-state index in [9.17, 15) is 14.7 Å². The number of carbonyl (C=O) groups excluding carboxylic acids is 2. The van der Waals surface area contributed by atoms with Gasteiger partial charge in [0.1, 0.15) is 11.9 Å². The second kappa shape index (κ2) is 13.4. The molecule has 0 unspecified atom stereocenters. The zero-order valence-corrected chi connectivity index (χ0v) is 24.2. The number of benzene rings is 3. The van der Waals surface area contributed by atoms with Crippen molar-refractivity contribution >= 4 is 46.5 Å². The number of aliphatic hydroxyl groups excluding tert-OH is 1. The van der Waals surface area contributed by atoms with Crippen molar-refractivity contribution in [3.8, 4) is 5.75 Å². The number of fused-ring (bicyclic) bond motifs is 1. The van der Waals surface area contributed by atoms with Gasteiger partial charge in [0.25, 0.3) is 5.91 Å². The Morgan fingerprint density at radius 3 is 2.50 bits per heavy atom.